The van der Waals surface area contributed by atoms with Crippen LogP contribution in [-0.4, -0.2) is 120 Å². The van der Waals surface area contributed by atoms with E-state index >= 15 is 0 Å². The number of amides is 1. The zero-order valence-electron chi connectivity index (χ0n) is 21.6. The molecule has 3 aliphatic heterocycles. The molecule has 1 aromatic carbocycles. The van der Waals surface area contributed by atoms with Crippen molar-refractivity contribution in [2.75, 3.05) is 79.4 Å². The van der Waals surface area contributed by atoms with Gasteiger partial charge in [-0.3, -0.25) is 9.69 Å². The molecule has 0 saturated carbocycles. The normalized spacial score (nSPS) is 24.2. The summed E-state index contributed by atoms with van der Waals surface area (Å²) in [5, 5.41) is 0. The topological polar surface area (TPSA) is 97.9 Å². The van der Waals surface area contributed by atoms with Crippen molar-refractivity contribution in [1.82, 2.24) is 14.1 Å². The van der Waals surface area contributed by atoms with Gasteiger partial charge in [0.25, 0.3) is 0 Å². The summed E-state index contributed by atoms with van der Waals surface area (Å²) < 4.78 is 51.0. The molecule has 0 aromatic heterocycles. The number of methoxy groups -OCH3 is 1. The van der Waals surface area contributed by atoms with Gasteiger partial charge in [-0.05, 0) is 49.9 Å². The first-order valence-corrected chi connectivity index (χ1v) is 14.2. The molecule has 0 N–H and O–H groups in total. The Bertz CT molecular complexity index is 982. The highest BCUT2D eigenvalue weighted by molar-refractivity contribution is 7.89. The number of hydrogen-bond acceptors (Lipinski definition) is 8. The number of ether oxygens (including phenoxy) is 4. The van der Waals surface area contributed by atoms with E-state index in [1.807, 2.05) is 4.90 Å². The molecular formula is C25H39N3O7S. The summed E-state index contributed by atoms with van der Waals surface area (Å²) >= 11 is 0. The number of rotatable bonds is 9. The highest BCUT2D eigenvalue weighted by atomic mass is 32.2. The second-order valence-corrected chi connectivity index (χ2v) is 11.6. The molecule has 1 amide bonds. The molecule has 0 aliphatic carbocycles. The fraction of sp³-hybridized carbons (Fsp3) is 0.720. The number of benzene rings is 1. The fourth-order valence-electron chi connectivity index (χ4n) is 5.27. The SMILES string of the molecule is COc1cc(C)c(S(=O)(=O)N2CCOC[C@H]2COCC(=O)N2CCN(CC3CCCO3)CC2)c(C)c1. The Labute approximate surface area is 214 Å². The summed E-state index contributed by atoms with van der Waals surface area (Å²) in [7, 11) is -2.22. The van der Waals surface area contributed by atoms with Crippen molar-refractivity contribution >= 4 is 15.9 Å². The number of carbonyl (C=O) groups is 1. The van der Waals surface area contributed by atoms with Crippen molar-refractivity contribution in [3.8, 4) is 5.75 Å². The second kappa shape index (κ2) is 12.2. The second-order valence-electron chi connectivity index (χ2n) is 9.77. The maximum Gasteiger partial charge on any atom is 0.248 e. The minimum atomic E-state index is -3.78. The highest BCUT2D eigenvalue weighted by Crippen LogP contribution is 2.30. The van der Waals surface area contributed by atoms with E-state index in [1.54, 1.807) is 33.1 Å². The van der Waals surface area contributed by atoms with Crippen LogP contribution in [-0.2, 0) is 29.0 Å². The minimum absolute atomic E-state index is 0.0697. The first-order chi connectivity index (χ1) is 17.3. The maximum absolute atomic E-state index is 13.6. The van der Waals surface area contributed by atoms with Gasteiger partial charge >= 0.3 is 0 Å². The van der Waals surface area contributed by atoms with Crippen molar-refractivity contribution < 1.29 is 32.2 Å². The van der Waals surface area contributed by atoms with Gasteiger partial charge in [0.05, 0.1) is 44.0 Å². The number of carbonyl (C=O) groups excluding carboxylic acids is 1. The number of morpholine rings is 1. The first-order valence-electron chi connectivity index (χ1n) is 12.7. The minimum Gasteiger partial charge on any atom is -0.497 e. The number of piperazine rings is 1. The van der Waals surface area contributed by atoms with Crippen molar-refractivity contribution in [2.45, 2.75) is 43.7 Å². The van der Waals surface area contributed by atoms with Gasteiger partial charge in [0, 0.05) is 45.9 Å². The molecule has 0 radical (unpaired) electrons. The summed E-state index contributed by atoms with van der Waals surface area (Å²) in [6, 6.07) is 2.96. The molecule has 1 unspecified atom stereocenters. The van der Waals surface area contributed by atoms with Crippen molar-refractivity contribution in [1.29, 1.82) is 0 Å². The van der Waals surface area contributed by atoms with E-state index in [0.29, 0.717) is 42.7 Å². The third-order valence-electron chi connectivity index (χ3n) is 7.16. The molecule has 0 bridgehead atoms. The summed E-state index contributed by atoms with van der Waals surface area (Å²) in [4.78, 5) is 17.2. The van der Waals surface area contributed by atoms with Gasteiger partial charge in [0.15, 0.2) is 0 Å². The average molecular weight is 526 g/mol. The van der Waals surface area contributed by atoms with Crippen LogP contribution < -0.4 is 4.74 Å². The van der Waals surface area contributed by atoms with Crippen LogP contribution in [0.3, 0.4) is 0 Å². The molecular weight excluding hydrogens is 486 g/mol. The largest absolute Gasteiger partial charge is 0.497 e. The van der Waals surface area contributed by atoms with Crippen LogP contribution in [0.4, 0.5) is 0 Å². The number of hydrogen-bond donors (Lipinski definition) is 0. The van der Waals surface area contributed by atoms with Crippen LogP contribution in [0.1, 0.15) is 24.0 Å². The molecule has 3 heterocycles. The fourth-order valence-corrected chi connectivity index (χ4v) is 7.26. The molecule has 11 heteroatoms. The molecule has 3 saturated heterocycles. The molecule has 3 aliphatic rings. The van der Waals surface area contributed by atoms with Gasteiger partial charge in [0.2, 0.25) is 15.9 Å². The Hall–Kier alpha value is -1.76. The van der Waals surface area contributed by atoms with Crippen LogP contribution in [0.2, 0.25) is 0 Å². The average Bonchev–Trinajstić information content (AvgIpc) is 3.37. The molecule has 10 nitrogen and oxygen atoms in total. The highest BCUT2D eigenvalue weighted by Gasteiger charge is 2.36. The Balaban J connectivity index is 1.30. The number of sulfonamides is 1. The van der Waals surface area contributed by atoms with Crippen LogP contribution in [0.15, 0.2) is 17.0 Å². The monoisotopic (exact) mass is 525 g/mol. The quantitative estimate of drug-likeness (QED) is 0.472. The summed E-state index contributed by atoms with van der Waals surface area (Å²) in [5.41, 5.74) is 1.26. The summed E-state index contributed by atoms with van der Waals surface area (Å²) in [6.45, 7) is 9.11. The van der Waals surface area contributed by atoms with E-state index in [9.17, 15) is 13.2 Å². The molecule has 1 aromatic rings. The molecule has 202 valence electrons. The number of aryl methyl sites for hydroxylation is 2. The molecule has 3 fully saturated rings. The summed E-state index contributed by atoms with van der Waals surface area (Å²) in [5.74, 6) is 0.553. The Morgan fingerprint density at radius 3 is 2.44 bits per heavy atom. The van der Waals surface area contributed by atoms with Crippen LogP contribution in [0.25, 0.3) is 0 Å². The van der Waals surface area contributed by atoms with E-state index in [0.717, 1.165) is 39.1 Å². The van der Waals surface area contributed by atoms with Gasteiger partial charge in [-0.25, -0.2) is 8.42 Å². The van der Waals surface area contributed by atoms with Gasteiger partial charge in [-0.15, -0.1) is 0 Å². The van der Waals surface area contributed by atoms with Crippen molar-refractivity contribution in [3.63, 3.8) is 0 Å². The standard InChI is InChI=1S/C25H39N3O7S/c1-19-13-23(32-3)14-20(2)25(19)36(30,31)28-10-12-33-16-21(28)17-34-18-24(29)27-8-6-26(7-9-27)15-22-5-4-11-35-22/h13-14,21-22H,4-12,15-18H2,1-3H3/t21-,22?/m0/s1. The lowest BCUT2D eigenvalue weighted by atomic mass is 10.1. The lowest BCUT2D eigenvalue weighted by Gasteiger charge is -2.36. The maximum atomic E-state index is 13.6. The van der Waals surface area contributed by atoms with E-state index in [4.69, 9.17) is 18.9 Å². The molecule has 2 atom stereocenters. The van der Waals surface area contributed by atoms with E-state index < -0.39 is 16.1 Å². The molecule has 4 rings (SSSR count). The van der Waals surface area contributed by atoms with Gasteiger partial charge in [-0.2, -0.15) is 4.31 Å². The third-order valence-corrected chi connectivity index (χ3v) is 9.41. The molecule has 0 spiro atoms. The molecule has 36 heavy (non-hydrogen) atoms. The zero-order valence-corrected chi connectivity index (χ0v) is 22.4. The van der Waals surface area contributed by atoms with Gasteiger partial charge in [-0.1, -0.05) is 0 Å². The van der Waals surface area contributed by atoms with E-state index in [1.165, 1.54) is 4.31 Å². The Morgan fingerprint density at radius 1 is 1.08 bits per heavy atom. The van der Waals surface area contributed by atoms with Gasteiger partial charge in [0.1, 0.15) is 12.4 Å². The van der Waals surface area contributed by atoms with Crippen LogP contribution in [0, 0.1) is 13.8 Å². The van der Waals surface area contributed by atoms with Crippen LogP contribution >= 0.6 is 0 Å². The predicted octanol–water partition coefficient (Wildman–Crippen LogP) is 1.04. The smallest absolute Gasteiger partial charge is 0.248 e. The summed E-state index contributed by atoms with van der Waals surface area (Å²) in [6.07, 6.45) is 2.56. The third kappa shape index (κ3) is 6.38. The van der Waals surface area contributed by atoms with Crippen molar-refractivity contribution in [3.05, 3.63) is 23.3 Å². The zero-order chi connectivity index (χ0) is 25.7. The van der Waals surface area contributed by atoms with Crippen LogP contribution in [0.5, 0.6) is 5.75 Å². The Morgan fingerprint density at radius 2 is 1.81 bits per heavy atom. The number of nitrogens with zero attached hydrogens (tertiary/aromatic N) is 3. The van der Waals surface area contributed by atoms with E-state index in [2.05, 4.69) is 4.90 Å². The lowest BCUT2D eigenvalue weighted by molar-refractivity contribution is -0.139. The van der Waals surface area contributed by atoms with E-state index in [-0.39, 0.29) is 37.2 Å². The predicted molar refractivity (Wildman–Crippen MR) is 134 cm³/mol. The van der Waals surface area contributed by atoms with Crippen molar-refractivity contribution in [2.24, 2.45) is 0 Å². The Kier molecular flexibility index (Phi) is 9.24. The first kappa shape index (κ1) is 27.3. The van der Waals surface area contributed by atoms with Gasteiger partial charge < -0.3 is 23.8 Å². The lowest BCUT2D eigenvalue weighted by Crippen LogP contribution is -2.52.